The number of benzene rings is 1. The number of aryl methyl sites for hydroxylation is 1. The number of amides is 1. The Morgan fingerprint density at radius 1 is 1.23 bits per heavy atom. The molecule has 0 saturated carbocycles. The van der Waals surface area contributed by atoms with E-state index in [0.29, 0.717) is 5.69 Å². The van der Waals surface area contributed by atoms with Gasteiger partial charge in [0.1, 0.15) is 10.7 Å². The Hall–Kier alpha value is -2.21. The molecule has 0 aliphatic rings. The first kappa shape index (κ1) is 14.7. The van der Waals surface area contributed by atoms with Gasteiger partial charge in [0.15, 0.2) is 0 Å². The first-order chi connectivity index (χ1) is 10.3. The number of hydrogen-bond donors (Lipinski definition) is 1. The highest BCUT2D eigenvalue weighted by Gasteiger charge is 2.15. The van der Waals surface area contributed by atoms with E-state index in [1.54, 1.807) is 10.7 Å². The Labute approximate surface area is 133 Å². The molecular formula is C16H18N4OS. The lowest BCUT2D eigenvalue weighted by Crippen LogP contribution is -2.14. The molecule has 1 N–H and O–H groups in total. The minimum Gasteiger partial charge on any atom is -0.321 e. The van der Waals surface area contributed by atoms with Gasteiger partial charge in [0.05, 0.1) is 6.20 Å². The molecule has 114 valence electrons. The van der Waals surface area contributed by atoms with Gasteiger partial charge in [-0.2, -0.15) is 5.10 Å². The summed E-state index contributed by atoms with van der Waals surface area (Å²) in [7, 11) is 0. The standard InChI is InChI=1S/C16H18N4OS/c1-10-19-20-9-13(18-15(20)22-10)14(21)17-12-7-5-11(6-8-12)16(2,3)4/h5-9H,1-4H3,(H,17,21). The van der Waals surface area contributed by atoms with Gasteiger partial charge in [-0.05, 0) is 30.0 Å². The van der Waals surface area contributed by atoms with Gasteiger partial charge in [-0.25, -0.2) is 9.50 Å². The molecule has 2 heterocycles. The summed E-state index contributed by atoms with van der Waals surface area (Å²) in [6.45, 7) is 8.39. The second-order valence-corrected chi connectivity index (χ2v) is 7.42. The van der Waals surface area contributed by atoms with Gasteiger partial charge in [-0.3, -0.25) is 4.79 Å². The molecule has 2 aromatic heterocycles. The number of carbonyl (C=O) groups excluding carboxylic acids is 1. The number of nitrogens with zero attached hydrogens (tertiary/aromatic N) is 3. The molecule has 0 unspecified atom stereocenters. The van der Waals surface area contributed by atoms with Gasteiger partial charge in [-0.1, -0.05) is 44.2 Å². The van der Waals surface area contributed by atoms with Crippen LogP contribution in [0.15, 0.2) is 30.5 Å². The lowest BCUT2D eigenvalue weighted by atomic mass is 9.87. The molecule has 0 radical (unpaired) electrons. The zero-order valence-corrected chi connectivity index (χ0v) is 13.9. The fourth-order valence-electron chi connectivity index (χ4n) is 2.16. The molecule has 5 nitrogen and oxygen atoms in total. The number of rotatable bonds is 2. The summed E-state index contributed by atoms with van der Waals surface area (Å²) in [5.41, 5.74) is 2.46. The third-order valence-corrected chi connectivity index (χ3v) is 4.22. The molecule has 0 bridgehead atoms. The number of carbonyl (C=O) groups is 1. The number of anilines is 1. The second kappa shape index (κ2) is 5.21. The molecule has 1 amide bonds. The molecule has 0 saturated heterocycles. The van der Waals surface area contributed by atoms with Crippen molar-refractivity contribution >= 4 is 27.9 Å². The highest BCUT2D eigenvalue weighted by molar-refractivity contribution is 7.16. The van der Waals surface area contributed by atoms with Crippen molar-refractivity contribution in [3.8, 4) is 0 Å². The Balaban J connectivity index is 1.77. The number of hydrogen-bond acceptors (Lipinski definition) is 4. The van der Waals surface area contributed by atoms with Crippen LogP contribution in [0.4, 0.5) is 5.69 Å². The van der Waals surface area contributed by atoms with Gasteiger partial charge in [0, 0.05) is 5.69 Å². The van der Waals surface area contributed by atoms with Crippen LogP contribution in [0.5, 0.6) is 0 Å². The minimum absolute atomic E-state index is 0.0975. The van der Waals surface area contributed by atoms with E-state index in [1.165, 1.54) is 16.9 Å². The van der Waals surface area contributed by atoms with E-state index < -0.39 is 0 Å². The molecule has 3 rings (SSSR count). The van der Waals surface area contributed by atoms with Gasteiger partial charge in [0.2, 0.25) is 4.96 Å². The molecule has 0 aliphatic heterocycles. The third kappa shape index (κ3) is 2.87. The molecular weight excluding hydrogens is 296 g/mol. The van der Waals surface area contributed by atoms with Crippen molar-refractivity contribution in [1.82, 2.24) is 14.6 Å². The van der Waals surface area contributed by atoms with Crippen LogP contribution in [0.1, 0.15) is 41.8 Å². The summed E-state index contributed by atoms with van der Waals surface area (Å²) >= 11 is 1.46. The molecule has 3 aromatic rings. The summed E-state index contributed by atoms with van der Waals surface area (Å²) in [5, 5.41) is 8.04. The Morgan fingerprint density at radius 2 is 1.91 bits per heavy atom. The van der Waals surface area contributed by atoms with Crippen molar-refractivity contribution in [3.05, 3.63) is 46.7 Å². The van der Waals surface area contributed by atoms with E-state index in [4.69, 9.17) is 0 Å². The van der Waals surface area contributed by atoms with Crippen molar-refractivity contribution in [3.63, 3.8) is 0 Å². The predicted molar refractivity (Wildman–Crippen MR) is 88.7 cm³/mol. The minimum atomic E-state index is -0.223. The van der Waals surface area contributed by atoms with Crippen LogP contribution < -0.4 is 5.32 Å². The smallest absolute Gasteiger partial charge is 0.275 e. The Morgan fingerprint density at radius 3 is 2.50 bits per heavy atom. The van der Waals surface area contributed by atoms with Crippen molar-refractivity contribution in [2.45, 2.75) is 33.1 Å². The summed E-state index contributed by atoms with van der Waals surface area (Å²) in [4.78, 5) is 17.3. The van der Waals surface area contributed by atoms with Crippen LogP contribution in [0.25, 0.3) is 4.96 Å². The summed E-state index contributed by atoms with van der Waals surface area (Å²) in [6.07, 6.45) is 1.65. The highest BCUT2D eigenvalue weighted by atomic mass is 32.1. The number of imidazole rings is 1. The Bertz CT molecular complexity index is 793. The SMILES string of the molecule is Cc1nn2cc(C(=O)Nc3ccc(C(C)(C)C)cc3)nc2s1. The fraction of sp³-hybridized carbons (Fsp3) is 0.312. The number of aromatic nitrogens is 3. The maximum atomic E-state index is 12.2. The maximum absolute atomic E-state index is 12.2. The van der Waals surface area contributed by atoms with Crippen LogP contribution in [0.3, 0.4) is 0 Å². The molecule has 0 aliphatic carbocycles. The van der Waals surface area contributed by atoms with Crippen molar-refractivity contribution < 1.29 is 4.79 Å². The monoisotopic (exact) mass is 314 g/mol. The molecule has 0 atom stereocenters. The van der Waals surface area contributed by atoms with E-state index in [1.807, 2.05) is 31.2 Å². The van der Waals surface area contributed by atoms with Crippen LogP contribution in [-0.2, 0) is 5.41 Å². The van der Waals surface area contributed by atoms with Crippen molar-refractivity contribution in [2.75, 3.05) is 5.32 Å². The van der Waals surface area contributed by atoms with E-state index in [-0.39, 0.29) is 11.3 Å². The molecule has 22 heavy (non-hydrogen) atoms. The normalized spacial score (nSPS) is 11.8. The largest absolute Gasteiger partial charge is 0.321 e. The van der Waals surface area contributed by atoms with Crippen LogP contribution in [0, 0.1) is 6.92 Å². The van der Waals surface area contributed by atoms with Crippen LogP contribution in [-0.4, -0.2) is 20.5 Å². The van der Waals surface area contributed by atoms with Gasteiger partial charge in [-0.15, -0.1) is 0 Å². The second-order valence-electron chi connectivity index (χ2n) is 6.26. The van der Waals surface area contributed by atoms with Crippen molar-refractivity contribution in [2.24, 2.45) is 0 Å². The topological polar surface area (TPSA) is 59.3 Å². The fourth-order valence-corrected chi connectivity index (χ4v) is 2.88. The average Bonchev–Trinajstić information content (AvgIpc) is 2.95. The quantitative estimate of drug-likeness (QED) is 0.785. The predicted octanol–water partition coefficient (Wildman–Crippen LogP) is 3.65. The van der Waals surface area contributed by atoms with Crippen LogP contribution in [0.2, 0.25) is 0 Å². The molecule has 1 aromatic carbocycles. The van der Waals surface area contributed by atoms with E-state index in [2.05, 4.69) is 36.2 Å². The molecule has 0 spiro atoms. The summed E-state index contributed by atoms with van der Waals surface area (Å²) < 4.78 is 1.64. The van der Waals surface area contributed by atoms with Crippen LogP contribution >= 0.6 is 11.3 Å². The van der Waals surface area contributed by atoms with Crippen molar-refractivity contribution in [1.29, 1.82) is 0 Å². The summed E-state index contributed by atoms with van der Waals surface area (Å²) in [5.74, 6) is -0.223. The van der Waals surface area contributed by atoms with E-state index in [9.17, 15) is 4.79 Å². The lowest BCUT2D eigenvalue weighted by Gasteiger charge is -2.19. The first-order valence-electron chi connectivity index (χ1n) is 7.08. The van der Waals surface area contributed by atoms with E-state index in [0.717, 1.165) is 15.7 Å². The number of nitrogens with one attached hydrogen (secondary N) is 1. The van der Waals surface area contributed by atoms with Gasteiger partial charge < -0.3 is 5.32 Å². The van der Waals surface area contributed by atoms with Gasteiger partial charge in [0.25, 0.3) is 5.91 Å². The maximum Gasteiger partial charge on any atom is 0.275 e. The Kier molecular flexibility index (Phi) is 3.48. The number of fused-ring (bicyclic) bond motifs is 1. The first-order valence-corrected chi connectivity index (χ1v) is 7.89. The molecule has 6 heteroatoms. The lowest BCUT2D eigenvalue weighted by molar-refractivity contribution is 0.102. The average molecular weight is 314 g/mol. The van der Waals surface area contributed by atoms with Gasteiger partial charge >= 0.3 is 0 Å². The summed E-state index contributed by atoms with van der Waals surface area (Å²) in [6, 6.07) is 7.90. The van der Waals surface area contributed by atoms with E-state index >= 15 is 0 Å². The third-order valence-electron chi connectivity index (χ3n) is 3.39. The zero-order valence-electron chi connectivity index (χ0n) is 13.0. The highest BCUT2D eigenvalue weighted by Crippen LogP contribution is 2.23. The zero-order chi connectivity index (χ0) is 15.9. The molecule has 0 fully saturated rings.